The lowest BCUT2D eigenvalue weighted by molar-refractivity contribution is 0.0453. The summed E-state index contributed by atoms with van der Waals surface area (Å²) in [5.41, 5.74) is 0. The smallest absolute Gasteiger partial charge is 0.240 e. The second-order valence-electron chi connectivity index (χ2n) is 4.75. The molecule has 0 atom stereocenters. The molecule has 1 aromatic rings. The van der Waals surface area contributed by atoms with Gasteiger partial charge in [0.1, 0.15) is 5.75 Å². The molecule has 0 aromatic heterocycles. The molecule has 0 saturated heterocycles. The minimum Gasteiger partial charge on any atom is -0.494 e. The third kappa shape index (κ3) is 3.68. The van der Waals surface area contributed by atoms with E-state index >= 15 is 0 Å². The molecule has 0 bridgehead atoms. The summed E-state index contributed by atoms with van der Waals surface area (Å²) in [5.74, 6) is 0.899. The van der Waals surface area contributed by atoms with Gasteiger partial charge in [-0.2, -0.15) is 0 Å². The van der Waals surface area contributed by atoms with E-state index in [0.29, 0.717) is 31.7 Å². The van der Waals surface area contributed by atoms with Crippen molar-refractivity contribution >= 4 is 10.0 Å². The molecule has 106 valence electrons. The van der Waals surface area contributed by atoms with E-state index < -0.39 is 10.0 Å². The van der Waals surface area contributed by atoms with Gasteiger partial charge in [-0.05, 0) is 49.9 Å². The SMILES string of the molecule is CCOc1ccc(S(=O)(=O)NCC2CC(O)C2)cc1. The number of hydrogen-bond donors (Lipinski definition) is 2. The van der Waals surface area contributed by atoms with Crippen molar-refractivity contribution in [3.8, 4) is 5.75 Å². The Morgan fingerprint density at radius 1 is 1.32 bits per heavy atom. The Balaban J connectivity index is 1.94. The predicted molar refractivity (Wildman–Crippen MR) is 71.5 cm³/mol. The molecule has 6 heteroatoms. The van der Waals surface area contributed by atoms with E-state index in [-0.39, 0.29) is 16.9 Å². The summed E-state index contributed by atoms with van der Waals surface area (Å²) in [6, 6.07) is 6.35. The van der Waals surface area contributed by atoms with Crippen molar-refractivity contribution in [3.63, 3.8) is 0 Å². The molecule has 0 spiro atoms. The second kappa shape index (κ2) is 5.90. The van der Waals surface area contributed by atoms with Crippen molar-refractivity contribution in [1.29, 1.82) is 0 Å². The topological polar surface area (TPSA) is 75.6 Å². The van der Waals surface area contributed by atoms with Gasteiger partial charge in [0.15, 0.2) is 0 Å². The lowest BCUT2D eigenvalue weighted by Crippen LogP contribution is -2.38. The van der Waals surface area contributed by atoms with Crippen molar-refractivity contribution < 1.29 is 18.3 Å². The summed E-state index contributed by atoms with van der Waals surface area (Å²) >= 11 is 0. The van der Waals surface area contributed by atoms with Crippen LogP contribution in [0.15, 0.2) is 29.2 Å². The molecule has 5 nitrogen and oxygen atoms in total. The van der Waals surface area contributed by atoms with Crippen LogP contribution in [-0.4, -0.2) is 32.8 Å². The number of nitrogens with one attached hydrogen (secondary N) is 1. The third-order valence-corrected chi connectivity index (χ3v) is 4.66. The summed E-state index contributed by atoms with van der Waals surface area (Å²) in [4.78, 5) is 0.232. The maximum absolute atomic E-state index is 12.0. The van der Waals surface area contributed by atoms with Gasteiger partial charge in [0.25, 0.3) is 0 Å². The van der Waals surface area contributed by atoms with Crippen molar-refractivity contribution in [2.24, 2.45) is 5.92 Å². The number of sulfonamides is 1. The van der Waals surface area contributed by atoms with Gasteiger partial charge < -0.3 is 9.84 Å². The zero-order valence-corrected chi connectivity index (χ0v) is 11.7. The van der Waals surface area contributed by atoms with Crippen LogP contribution in [-0.2, 0) is 10.0 Å². The lowest BCUT2D eigenvalue weighted by Gasteiger charge is -2.31. The van der Waals surface area contributed by atoms with Crippen molar-refractivity contribution in [2.45, 2.75) is 30.8 Å². The summed E-state index contributed by atoms with van der Waals surface area (Å²) < 4.78 is 31.9. The Kier molecular flexibility index (Phi) is 4.44. The van der Waals surface area contributed by atoms with Gasteiger partial charge in [0.2, 0.25) is 10.0 Å². The molecule has 0 aliphatic heterocycles. The number of rotatable bonds is 6. The molecule has 2 N–H and O–H groups in total. The minimum atomic E-state index is -3.47. The van der Waals surface area contributed by atoms with Gasteiger partial charge in [0.05, 0.1) is 17.6 Å². The average Bonchev–Trinajstić information content (AvgIpc) is 2.34. The number of benzene rings is 1. The Hall–Kier alpha value is -1.11. The van der Waals surface area contributed by atoms with Crippen LogP contribution in [0.4, 0.5) is 0 Å². The number of hydrogen-bond acceptors (Lipinski definition) is 4. The standard InChI is InChI=1S/C13H19NO4S/c1-2-18-12-3-5-13(6-4-12)19(16,17)14-9-10-7-11(15)8-10/h3-6,10-11,14-15H,2,7-9H2,1H3. The zero-order chi connectivity index (χ0) is 13.9. The van der Waals surface area contributed by atoms with Crippen LogP contribution in [0.5, 0.6) is 5.75 Å². The second-order valence-corrected chi connectivity index (χ2v) is 6.51. The van der Waals surface area contributed by atoms with Gasteiger partial charge in [0, 0.05) is 6.54 Å². The highest BCUT2D eigenvalue weighted by atomic mass is 32.2. The van der Waals surface area contributed by atoms with E-state index in [1.165, 1.54) is 12.1 Å². The fourth-order valence-electron chi connectivity index (χ4n) is 2.06. The molecule has 0 unspecified atom stereocenters. The highest BCUT2D eigenvalue weighted by molar-refractivity contribution is 7.89. The lowest BCUT2D eigenvalue weighted by atomic mass is 9.83. The molecular formula is C13H19NO4S. The summed E-state index contributed by atoms with van der Waals surface area (Å²) in [6.45, 7) is 2.81. The first-order valence-corrected chi connectivity index (χ1v) is 7.90. The highest BCUT2D eigenvalue weighted by Crippen LogP contribution is 2.26. The molecule has 0 radical (unpaired) electrons. The third-order valence-electron chi connectivity index (χ3n) is 3.22. The van der Waals surface area contributed by atoms with E-state index in [1.807, 2.05) is 6.92 Å². The molecular weight excluding hydrogens is 266 g/mol. The number of ether oxygens (including phenoxy) is 1. The van der Waals surface area contributed by atoms with Gasteiger partial charge in [-0.15, -0.1) is 0 Å². The van der Waals surface area contributed by atoms with Crippen molar-refractivity contribution in [1.82, 2.24) is 4.72 Å². The molecule has 0 amide bonds. The van der Waals surface area contributed by atoms with Crippen LogP contribution in [0, 0.1) is 5.92 Å². The molecule has 1 aliphatic carbocycles. The van der Waals surface area contributed by atoms with E-state index in [4.69, 9.17) is 9.84 Å². The normalized spacial score (nSPS) is 22.8. The fraction of sp³-hybridized carbons (Fsp3) is 0.538. The van der Waals surface area contributed by atoms with E-state index in [0.717, 1.165) is 0 Å². The first kappa shape index (κ1) is 14.3. The number of aliphatic hydroxyl groups is 1. The van der Waals surface area contributed by atoms with Crippen LogP contribution >= 0.6 is 0 Å². The largest absolute Gasteiger partial charge is 0.494 e. The first-order valence-electron chi connectivity index (χ1n) is 6.42. The Bertz CT molecular complexity index is 506. The van der Waals surface area contributed by atoms with Crippen LogP contribution in [0.25, 0.3) is 0 Å². The molecule has 2 rings (SSSR count). The quantitative estimate of drug-likeness (QED) is 0.821. The summed E-state index contributed by atoms with van der Waals surface area (Å²) in [6.07, 6.45) is 1.08. The van der Waals surface area contributed by atoms with Crippen LogP contribution < -0.4 is 9.46 Å². The Morgan fingerprint density at radius 3 is 2.47 bits per heavy atom. The van der Waals surface area contributed by atoms with Crippen LogP contribution in [0.3, 0.4) is 0 Å². The number of aliphatic hydroxyl groups excluding tert-OH is 1. The van der Waals surface area contributed by atoms with Crippen molar-refractivity contribution in [3.05, 3.63) is 24.3 Å². The van der Waals surface area contributed by atoms with Gasteiger partial charge in [-0.25, -0.2) is 13.1 Å². The predicted octanol–water partition coefficient (Wildman–Crippen LogP) is 1.13. The molecule has 0 heterocycles. The monoisotopic (exact) mass is 285 g/mol. The average molecular weight is 285 g/mol. The highest BCUT2D eigenvalue weighted by Gasteiger charge is 2.28. The summed E-state index contributed by atoms with van der Waals surface area (Å²) in [7, 11) is -3.47. The van der Waals surface area contributed by atoms with E-state index in [2.05, 4.69) is 4.72 Å². The molecule has 1 aromatic carbocycles. The summed E-state index contributed by atoms with van der Waals surface area (Å²) in [5, 5.41) is 9.15. The van der Waals surface area contributed by atoms with Gasteiger partial charge in [-0.3, -0.25) is 0 Å². The van der Waals surface area contributed by atoms with E-state index in [1.54, 1.807) is 12.1 Å². The Labute approximate surface area is 113 Å². The molecule has 1 saturated carbocycles. The van der Waals surface area contributed by atoms with Gasteiger partial charge in [-0.1, -0.05) is 0 Å². The molecule has 1 aliphatic rings. The minimum absolute atomic E-state index is 0.232. The maximum atomic E-state index is 12.0. The zero-order valence-electron chi connectivity index (χ0n) is 10.9. The first-order chi connectivity index (χ1) is 9.01. The van der Waals surface area contributed by atoms with Crippen LogP contribution in [0.1, 0.15) is 19.8 Å². The fourth-order valence-corrected chi connectivity index (χ4v) is 3.18. The van der Waals surface area contributed by atoms with E-state index in [9.17, 15) is 8.42 Å². The Morgan fingerprint density at radius 2 is 1.95 bits per heavy atom. The molecule has 19 heavy (non-hydrogen) atoms. The van der Waals surface area contributed by atoms with Gasteiger partial charge >= 0.3 is 0 Å². The van der Waals surface area contributed by atoms with Crippen molar-refractivity contribution in [2.75, 3.05) is 13.2 Å². The van der Waals surface area contributed by atoms with Crippen LogP contribution in [0.2, 0.25) is 0 Å². The molecule has 1 fully saturated rings. The maximum Gasteiger partial charge on any atom is 0.240 e.